The van der Waals surface area contributed by atoms with E-state index in [9.17, 15) is 5.26 Å². The standard InChI is InChI=1S/C13H13ClN4S/c1-7-8(2)17-18-13(10(7)6-15)16-9(3)11-4-5-12(14)19-11/h4-5,9H,1-3H3,(H,16,18). The zero-order valence-corrected chi connectivity index (χ0v) is 12.4. The number of hydrogen-bond donors (Lipinski definition) is 1. The highest BCUT2D eigenvalue weighted by molar-refractivity contribution is 7.16. The van der Waals surface area contributed by atoms with E-state index in [2.05, 4.69) is 21.6 Å². The number of nitrogens with one attached hydrogen (secondary N) is 1. The minimum atomic E-state index is 0.0287. The molecule has 2 rings (SSSR count). The van der Waals surface area contributed by atoms with Gasteiger partial charge in [0.05, 0.1) is 16.1 Å². The van der Waals surface area contributed by atoms with Crippen LogP contribution in [0.5, 0.6) is 0 Å². The molecule has 1 N–H and O–H groups in total. The van der Waals surface area contributed by atoms with E-state index in [1.807, 2.05) is 32.9 Å². The molecule has 2 aromatic rings. The van der Waals surface area contributed by atoms with Crippen molar-refractivity contribution in [3.63, 3.8) is 0 Å². The lowest BCUT2D eigenvalue weighted by Crippen LogP contribution is -2.10. The van der Waals surface area contributed by atoms with Crippen LogP contribution in [0.2, 0.25) is 4.34 Å². The third-order valence-electron chi connectivity index (χ3n) is 2.94. The summed E-state index contributed by atoms with van der Waals surface area (Å²) in [6.45, 7) is 5.72. The van der Waals surface area contributed by atoms with E-state index in [4.69, 9.17) is 11.6 Å². The summed E-state index contributed by atoms with van der Waals surface area (Å²) in [5.74, 6) is 0.516. The molecule has 1 unspecified atom stereocenters. The van der Waals surface area contributed by atoms with Gasteiger partial charge in [0.1, 0.15) is 11.6 Å². The summed E-state index contributed by atoms with van der Waals surface area (Å²) >= 11 is 7.43. The van der Waals surface area contributed by atoms with Crippen molar-refractivity contribution >= 4 is 28.8 Å². The third kappa shape index (κ3) is 2.86. The van der Waals surface area contributed by atoms with Gasteiger partial charge in [-0.2, -0.15) is 10.4 Å². The molecule has 0 saturated heterocycles. The van der Waals surface area contributed by atoms with Gasteiger partial charge in [0.2, 0.25) is 0 Å². The van der Waals surface area contributed by atoms with Crippen LogP contribution in [0.15, 0.2) is 12.1 Å². The van der Waals surface area contributed by atoms with Crippen LogP contribution >= 0.6 is 22.9 Å². The van der Waals surface area contributed by atoms with Crippen LogP contribution in [-0.4, -0.2) is 10.2 Å². The van der Waals surface area contributed by atoms with E-state index in [0.29, 0.717) is 11.4 Å². The topological polar surface area (TPSA) is 61.6 Å². The molecule has 0 aliphatic rings. The van der Waals surface area contributed by atoms with Crippen LogP contribution in [-0.2, 0) is 0 Å². The summed E-state index contributed by atoms with van der Waals surface area (Å²) in [5.41, 5.74) is 2.17. The second kappa shape index (κ2) is 5.55. The zero-order chi connectivity index (χ0) is 14.0. The molecule has 0 spiro atoms. The van der Waals surface area contributed by atoms with Gasteiger partial charge in [0.15, 0.2) is 5.82 Å². The van der Waals surface area contributed by atoms with Crippen LogP contribution in [0.25, 0.3) is 0 Å². The maximum absolute atomic E-state index is 9.23. The Morgan fingerprint density at radius 2 is 2.11 bits per heavy atom. The molecule has 0 saturated carbocycles. The largest absolute Gasteiger partial charge is 0.360 e. The molecule has 0 aromatic carbocycles. The highest BCUT2D eigenvalue weighted by Crippen LogP contribution is 2.29. The highest BCUT2D eigenvalue weighted by Gasteiger charge is 2.14. The summed E-state index contributed by atoms with van der Waals surface area (Å²) < 4.78 is 0.746. The molecule has 98 valence electrons. The third-order valence-corrected chi connectivity index (χ3v) is 4.35. The molecule has 4 nitrogen and oxygen atoms in total. The predicted molar refractivity (Wildman–Crippen MR) is 77.6 cm³/mol. The number of hydrogen-bond acceptors (Lipinski definition) is 5. The molecule has 19 heavy (non-hydrogen) atoms. The molecule has 0 amide bonds. The molecule has 2 aromatic heterocycles. The number of thiophene rings is 1. The lowest BCUT2D eigenvalue weighted by Gasteiger charge is -2.14. The molecule has 0 fully saturated rings. The quantitative estimate of drug-likeness (QED) is 0.933. The average Bonchev–Trinajstić information content (AvgIpc) is 2.81. The maximum Gasteiger partial charge on any atom is 0.167 e. The molecular formula is C13H13ClN4S. The number of anilines is 1. The minimum absolute atomic E-state index is 0.0287. The number of nitrogens with zero attached hydrogens (tertiary/aromatic N) is 3. The first-order chi connectivity index (χ1) is 9.02. The van der Waals surface area contributed by atoms with Gasteiger partial charge < -0.3 is 5.32 Å². The van der Waals surface area contributed by atoms with E-state index in [1.54, 1.807) is 0 Å². The number of rotatable bonds is 3. The van der Waals surface area contributed by atoms with Gasteiger partial charge in [-0.1, -0.05) is 11.6 Å². The Morgan fingerprint density at radius 3 is 2.68 bits per heavy atom. The van der Waals surface area contributed by atoms with Crippen LogP contribution < -0.4 is 5.32 Å². The van der Waals surface area contributed by atoms with Crippen molar-refractivity contribution in [2.45, 2.75) is 26.8 Å². The first-order valence-corrected chi connectivity index (χ1v) is 6.98. The van der Waals surface area contributed by atoms with Crippen molar-refractivity contribution in [1.29, 1.82) is 5.26 Å². The fraction of sp³-hybridized carbons (Fsp3) is 0.308. The Bertz CT molecular complexity index is 645. The van der Waals surface area contributed by atoms with Crippen LogP contribution in [0.1, 0.15) is 34.7 Å². The van der Waals surface area contributed by atoms with E-state index in [0.717, 1.165) is 20.5 Å². The van der Waals surface area contributed by atoms with Crippen LogP contribution in [0.4, 0.5) is 5.82 Å². The zero-order valence-electron chi connectivity index (χ0n) is 10.9. The fourth-order valence-electron chi connectivity index (χ4n) is 1.68. The Balaban J connectivity index is 2.29. The smallest absolute Gasteiger partial charge is 0.167 e. The maximum atomic E-state index is 9.23. The van der Waals surface area contributed by atoms with Crippen molar-refractivity contribution < 1.29 is 0 Å². The van der Waals surface area contributed by atoms with Gasteiger partial charge >= 0.3 is 0 Å². The normalized spacial score (nSPS) is 11.9. The van der Waals surface area contributed by atoms with Crippen molar-refractivity contribution in [3.05, 3.63) is 38.2 Å². The molecule has 0 aliphatic heterocycles. The lowest BCUT2D eigenvalue weighted by molar-refractivity contribution is 0.864. The Kier molecular flexibility index (Phi) is 4.03. The second-order valence-corrected chi connectivity index (χ2v) is 6.00. The Labute approximate surface area is 121 Å². The number of aryl methyl sites for hydroxylation is 1. The van der Waals surface area contributed by atoms with Crippen molar-refractivity contribution in [2.75, 3.05) is 5.32 Å². The van der Waals surface area contributed by atoms with Gasteiger partial charge in [0.25, 0.3) is 0 Å². The number of halogens is 1. The van der Waals surface area contributed by atoms with Gasteiger partial charge in [-0.25, -0.2) is 0 Å². The number of aromatic nitrogens is 2. The first-order valence-electron chi connectivity index (χ1n) is 5.78. The van der Waals surface area contributed by atoms with E-state index in [1.165, 1.54) is 11.3 Å². The Hall–Kier alpha value is -1.64. The van der Waals surface area contributed by atoms with E-state index < -0.39 is 0 Å². The summed E-state index contributed by atoms with van der Waals surface area (Å²) in [7, 11) is 0. The van der Waals surface area contributed by atoms with E-state index >= 15 is 0 Å². The summed E-state index contributed by atoms with van der Waals surface area (Å²) in [6.07, 6.45) is 0. The highest BCUT2D eigenvalue weighted by atomic mass is 35.5. The van der Waals surface area contributed by atoms with Crippen LogP contribution in [0.3, 0.4) is 0 Å². The van der Waals surface area contributed by atoms with Gasteiger partial charge in [-0.05, 0) is 38.5 Å². The first kappa shape index (κ1) is 13.8. The molecule has 6 heteroatoms. The molecule has 1 atom stereocenters. The van der Waals surface area contributed by atoms with Crippen LogP contribution in [0, 0.1) is 25.2 Å². The van der Waals surface area contributed by atoms with Crippen molar-refractivity contribution in [2.24, 2.45) is 0 Å². The molecule has 0 bridgehead atoms. The molecule has 0 aliphatic carbocycles. The molecule has 0 radical (unpaired) electrons. The van der Waals surface area contributed by atoms with Crippen molar-refractivity contribution in [1.82, 2.24) is 10.2 Å². The van der Waals surface area contributed by atoms with Crippen molar-refractivity contribution in [3.8, 4) is 6.07 Å². The summed E-state index contributed by atoms with van der Waals surface area (Å²) in [4.78, 5) is 1.09. The van der Waals surface area contributed by atoms with Gasteiger partial charge in [-0.3, -0.25) is 0 Å². The average molecular weight is 293 g/mol. The van der Waals surface area contributed by atoms with Gasteiger partial charge in [0, 0.05) is 4.88 Å². The predicted octanol–water partition coefficient (Wildman–Crippen LogP) is 3.85. The monoisotopic (exact) mass is 292 g/mol. The van der Waals surface area contributed by atoms with Gasteiger partial charge in [-0.15, -0.1) is 16.4 Å². The molecule has 2 heterocycles. The second-order valence-electron chi connectivity index (χ2n) is 4.25. The molecular weight excluding hydrogens is 280 g/mol. The minimum Gasteiger partial charge on any atom is -0.360 e. The SMILES string of the molecule is Cc1nnc(NC(C)c2ccc(Cl)s2)c(C#N)c1C. The van der Waals surface area contributed by atoms with E-state index in [-0.39, 0.29) is 6.04 Å². The Morgan fingerprint density at radius 1 is 1.37 bits per heavy atom. The number of nitriles is 1. The fourth-order valence-corrected chi connectivity index (χ4v) is 2.75. The summed E-state index contributed by atoms with van der Waals surface area (Å²) in [5, 5.41) is 20.6. The lowest BCUT2D eigenvalue weighted by atomic mass is 10.1. The summed E-state index contributed by atoms with van der Waals surface area (Å²) in [6, 6.07) is 6.03.